The number of anilines is 4. The summed E-state index contributed by atoms with van der Waals surface area (Å²) < 4.78 is 11.5. The number of aryl methyl sites for hydroxylation is 3. The molecular weight excluding hydrogens is 681 g/mol. The average molecular weight is 723 g/mol. The van der Waals surface area contributed by atoms with Gasteiger partial charge < -0.3 is 15.4 Å². The maximum absolute atomic E-state index is 6.63. The molecule has 3 heterocycles. The highest BCUT2D eigenvalue weighted by Crippen LogP contribution is 2.42. The highest BCUT2D eigenvalue weighted by molar-refractivity contribution is 7.25. The van der Waals surface area contributed by atoms with Gasteiger partial charge in [0.2, 0.25) is 0 Å². The molecule has 0 aliphatic heterocycles. The first kappa shape index (κ1) is 33.7. The van der Waals surface area contributed by atoms with E-state index in [0.717, 1.165) is 51.1 Å². The topological polar surface area (TPSA) is 51.1 Å². The third-order valence-corrected chi connectivity index (χ3v) is 11.4. The lowest BCUT2D eigenvalue weighted by Gasteiger charge is -2.20. The third-order valence-electron chi connectivity index (χ3n) is 10.3. The summed E-state index contributed by atoms with van der Waals surface area (Å²) in [4.78, 5) is 4.95. The number of hydrogen-bond donors (Lipinski definition) is 2. The van der Waals surface area contributed by atoms with E-state index in [2.05, 4.69) is 166 Å². The monoisotopic (exact) mass is 722 g/mol. The number of rotatable bonds is 7. The van der Waals surface area contributed by atoms with Crippen LogP contribution in [0.5, 0.6) is 11.5 Å². The number of aromatic nitrogens is 2. The van der Waals surface area contributed by atoms with Gasteiger partial charge in [-0.1, -0.05) is 74.9 Å². The van der Waals surface area contributed by atoms with Gasteiger partial charge in [-0.3, -0.25) is 4.57 Å². The van der Waals surface area contributed by atoms with Crippen molar-refractivity contribution in [3.05, 3.63) is 156 Å². The highest BCUT2D eigenvalue weighted by Gasteiger charge is 2.20. The largest absolute Gasteiger partial charge is 0.457 e. The summed E-state index contributed by atoms with van der Waals surface area (Å²) in [6.45, 7) is 13.2. The predicted octanol–water partition coefficient (Wildman–Crippen LogP) is 14.0. The molecule has 3 aromatic heterocycles. The van der Waals surface area contributed by atoms with E-state index < -0.39 is 0 Å². The van der Waals surface area contributed by atoms with E-state index >= 15 is 0 Å². The van der Waals surface area contributed by atoms with E-state index in [1.807, 2.05) is 35.7 Å². The molecule has 0 bridgehead atoms. The number of thiophene rings is 1. The average Bonchev–Trinajstić information content (AvgIpc) is 3.67. The molecule has 9 aromatic rings. The van der Waals surface area contributed by atoms with Crippen molar-refractivity contribution < 1.29 is 4.74 Å². The zero-order chi connectivity index (χ0) is 37.1. The summed E-state index contributed by atoms with van der Waals surface area (Å²) in [5.41, 5.74) is 11.2. The van der Waals surface area contributed by atoms with Gasteiger partial charge in [0, 0.05) is 60.6 Å². The highest BCUT2D eigenvalue weighted by atomic mass is 32.1. The quantitative estimate of drug-likeness (QED) is 0.172. The van der Waals surface area contributed by atoms with E-state index in [4.69, 9.17) is 9.72 Å². The van der Waals surface area contributed by atoms with Crippen LogP contribution in [0.15, 0.2) is 134 Å². The predicted molar refractivity (Wildman–Crippen MR) is 230 cm³/mol. The van der Waals surface area contributed by atoms with Crippen LogP contribution < -0.4 is 15.4 Å². The van der Waals surface area contributed by atoms with Crippen LogP contribution in [-0.4, -0.2) is 9.55 Å². The molecule has 6 heteroatoms. The van der Waals surface area contributed by atoms with Crippen molar-refractivity contribution in [2.75, 3.05) is 10.6 Å². The van der Waals surface area contributed by atoms with Gasteiger partial charge in [0.15, 0.2) is 0 Å². The second kappa shape index (κ2) is 13.1. The van der Waals surface area contributed by atoms with Gasteiger partial charge in [-0.2, -0.15) is 0 Å². The maximum Gasteiger partial charge on any atom is 0.137 e. The molecule has 9 rings (SSSR count). The zero-order valence-corrected chi connectivity index (χ0v) is 32.2. The molecule has 0 atom stereocenters. The standard InChI is InChI=1S/C48H42N4OS/c1-29-22-30(2)47(31(3)23-29)51-41-16-9-8-15-40(41)50-33-12-11-13-34(25-33)53-35-18-19-36-38-28-45-39(37-14-7-10-17-44(37)54-45)27-43(38)52(42(36)26-35)46-24-32(20-21-49-46)48(4,5)6/h7-28,50-51H,1-6H3. The molecule has 2 N–H and O–H groups in total. The molecule has 0 fully saturated rings. The molecule has 266 valence electrons. The zero-order valence-electron chi connectivity index (χ0n) is 31.4. The number of pyridine rings is 1. The number of hydrogen-bond acceptors (Lipinski definition) is 5. The van der Waals surface area contributed by atoms with E-state index in [9.17, 15) is 0 Å². The Labute approximate surface area is 319 Å². The van der Waals surface area contributed by atoms with Gasteiger partial charge in [-0.25, -0.2) is 4.98 Å². The SMILES string of the molecule is Cc1cc(C)c(Nc2ccccc2Nc2cccc(Oc3ccc4c5cc6sc7ccccc7c6cc5n(-c5cc(C(C)(C)C)ccn5)c4c3)c2)c(C)c1. The Morgan fingerprint density at radius 2 is 1.31 bits per heavy atom. The lowest BCUT2D eigenvalue weighted by atomic mass is 9.88. The lowest BCUT2D eigenvalue weighted by molar-refractivity contribution is 0.483. The number of nitrogens with one attached hydrogen (secondary N) is 2. The smallest absolute Gasteiger partial charge is 0.137 e. The van der Waals surface area contributed by atoms with Crippen molar-refractivity contribution in [1.82, 2.24) is 9.55 Å². The number of para-hydroxylation sites is 2. The summed E-state index contributed by atoms with van der Waals surface area (Å²) in [5.74, 6) is 2.40. The van der Waals surface area contributed by atoms with Crippen LogP contribution in [0.2, 0.25) is 0 Å². The van der Waals surface area contributed by atoms with E-state index in [1.165, 1.54) is 53.2 Å². The lowest BCUT2D eigenvalue weighted by Crippen LogP contribution is -2.12. The van der Waals surface area contributed by atoms with Crippen molar-refractivity contribution in [3.8, 4) is 17.3 Å². The van der Waals surface area contributed by atoms with Gasteiger partial charge in [-0.05, 0) is 110 Å². The van der Waals surface area contributed by atoms with E-state index in [-0.39, 0.29) is 5.41 Å². The molecule has 0 saturated carbocycles. The van der Waals surface area contributed by atoms with Crippen molar-refractivity contribution in [2.45, 2.75) is 47.0 Å². The fourth-order valence-corrected chi connectivity index (χ4v) is 8.80. The summed E-state index contributed by atoms with van der Waals surface area (Å²) in [6, 6.07) is 45.0. The summed E-state index contributed by atoms with van der Waals surface area (Å²) in [5, 5.41) is 12.2. The Bertz CT molecular complexity index is 2870. The van der Waals surface area contributed by atoms with Gasteiger partial charge in [0.25, 0.3) is 0 Å². The Balaban J connectivity index is 1.10. The Hall–Kier alpha value is -6.11. The van der Waals surface area contributed by atoms with Crippen LogP contribution in [0.25, 0.3) is 47.8 Å². The minimum absolute atomic E-state index is 0.0181. The fraction of sp³-hybridized carbons (Fsp3) is 0.146. The van der Waals surface area contributed by atoms with Gasteiger partial charge in [-0.15, -0.1) is 11.3 Å². The van der Waals surface area contributed by atoms with Crippen LogP contribution in [0, 0.1) is 20.8 Å². The molecule has 54 heavy (non-hydrogen) atoms. The van der Waals surface area contributed by atoms with Crippen molar-refractivity contribution in [2.24, 2.45) is 0 Å². The number of benzene rings is 6. The first-order chi connectivity index (χ1) is 26.1. The summed E-state index contributed by atoms with van der Waals surface area (Å²) in [7, 11) is 0. The summed E-state index contributed by atoms with van der Waals surface area (Å²) in [6.07, 6.45) is 1.93. The number of fused-ring (bicyclic) bond motifs is 6. The normalized spacial score (nSPS) is 11.9. The number of nitrogens with zero attached hydrogens (tertiary/aromatic N) is 2. The molecule has 0 amide bonds. The molecule has 5 nitrogen and oxygen atoms in total. The minimum atomic E-state index is -0.0181. The van der Waals surface area contributed by atoms with Crippen LogP contribution in [0.3, 0.4) is 0 Å². The molecule has 6 aromatic carbocycles. The maximum atomic E-state index is 6.63. The van der Waals surface area contributed by atoms with Crippen LogP contribution in [0.4, 0.5) is 22.7 Å². The van der Waals surface area contributed by atoms with Gasteiger partial charge in [0.1, 0.15) is 17.3 Å². The molecule has 0 aliphatic rings. The van der Waals surface area contributed by atoms with Crippen molar-refractivity contribution in [1.29, 1.82) is 0 Å². The molecule has 0 spiro atoms. The van der Waals surface area contributed by atoms with Crippen LogP contribution >= 0.6 is 11.3 Å². The minimum Gasteiger partial charge on any atom is -0.457 e. The van der Waals surface area contributed by atoms with Gasteiger partial charge in [0.05, 0.1) is 22.4 Å². The second-order valence-corrected chi connectivity index (χ2v) is 16.4. The first-order valence-electron chi connectivity index (χ1n) is 18.4. The summed E-state index contributed by atoms with van der Waals surface area (Å²) >= 11 is 1.85. The molecule has 0 aliphatic carbocycles. The second-order valence-electron chi connectivity index (χ2n) is 15.3. The van der Waals surface area contributed by atoms with Crippen LogP contribution in [-0.2, 0) is 5.41 Å². The first-order valence-corrected chi connectivity index (χ1v) is 19.3. The molecular formula is C48H42N4OS. The van der Waals surface area contributed by atoms with Crippen molar-refractivity contribution in [3.63, 3.8) is 0 Å². The Morgan fingerprint density at radius 1 is 0.593 bits per heavy atom. The molecule has 0 saturated heterocycles. The third kappa shape index (κ3) is 6.12. The van der Waals surface area contributed by atoms with Gasteiger partial charge >= 0.3 is 0 Å². The van der Waals surface area contributed by atoms with E-state index in [0.29, 0.717) is 0 Å². The Morgan fingerprint density at radius 3 is 2.11 bits per heavy atom. The Kier molecular flexibility index (Phi) is 8.16. The number of ether oxygens (including phenoxy) is 1. The van der Waals surface area contributed by atoms with Crippen molar-refractivity contribution >= 4 is 76.1 Å². The molecule has 0 radical (unpaired) electrons. The van der Waals surface area contributed by atoms with Crippen LogP contribution in [0.1, 0.15) is 43.0 Å². The van der Waals surface area contributed by atoms with E-state index in [1.54, 1.807) is 0 Å². The fourth-order valence-electron chi connectivity index (χ4n) is 7.67. The molecule has 0 unspecified atom stereocenters.